The van der Waals surface area contributed by atoms with Crippen LogP contribution in [0.4, 0.5) is 13.6 Å². The molecule has 1 rings (SSSR count). The van der Waals surface area contributed by atoms with E-state index in [4.69, 9.17) is 4.74 Å². The van der Waals surface area contributed by atoms with Gasteiger partial charge in [-0.3, -0.25) is 4.90 Å². The van der Waals surface area contributed by atoms with Crippen molar-refractivity contribution in [3.8, 4) is 0 Å². The smallest absolute Gasteiger partial charge is 0.411 e. The van der Waals surface area contributed by atoms with Crippen LogP contribution in [0, 0.1) is 0 Å². The van der Waals surface area contributed by atoms with Crippen LogP contribution in [-0.4, -0.2) is 40.9 Å². The van der Waals surface area contributed by atoms with Gasteiger partial charge in [-0.05, 0) is 27.7 Å². The number of likely N-dealkylation sites (tertiary alicyclic amines) is 1. The van der Waals surface area contributed by atoms with Gasteiger partial charge in [0.2, 0.25) is 0 Å². The van der Waals surface area contributed by atoms with Crippen LogP contribution in [0.1, 0.15) is 34.1 Å². The van der Waals surface area contributed by atoms with Crippen LogP contribution in [0.25, 0.3) is 0 Å². The molecule has 1 aliphatic heterocycles. The predicted molar refractivity (Wildman–Crippen MR) is 57.0 cm³/mol. The summed E-state index contributed by atoms with van der Waals surface area (Å²) in [5.41, 5.74) is -2.27. The fraction of sp³-hybridized carbons (Fsp3) is 0.818. The molecule has 1 unspecified atom stereocenters. The first-order valence-electron chi connectivity index (χ1n) is 5.34. The van der Waals surface area contributed by atoms with Crippen LogP contribution < -0.4 is 0 Å². The van der Waals surface area contributed by atoms with E-state index in [0.717, 1.165) is 4.90 Å². The van der Waals surface area contributed by atoms with Gasteiger partial charge in [-0.15, -0.1) is 0 Å². The topological polar surface area (TPSA) is 46.6 Å². The van der Waals surface area contributed by atoms with Gasteiger partial charge in [-0.2, -0.15) is 0 Å². The fourth-order valence-corrected chi connectivity index (χ4v) is 1.78. The molecule has 0 saturated carbocycles. The summed E-state index contributed by atoms with van der Waals surface area (Å²) in [6.45, 7) is 5.44. The van der Waals surface area contributed by atoms with E-state index in [1.165, 1.54) is 6.92 Å². The largest absolute Gasteiger partial charge is 0.444 e. The summed E-state index contributed by atoms with van der Waals surface area (Å²) >= 11 is 0. The molecule has 0 aromatic heterocycles. The van der Waals surface area contributed by atoms with Crippen LogP contribution in [0.15, 0.2) is 0 Å². The molecule has 1 atom stereocenters. The molecule has 0 N–H and O–H groups in total. The summed E-state index contributed by atoms with van der Waals surface area (Å²) in [7, 11) is 0. The number of halogens is 2. The van der Waals surface area contributed by atoms with E-state index >= 15 is 0 Å². The number of carbonyl (C=O) groups is 2. The third-order valence-corrected chi connectivity index (χ3v) is 2.49. The van der Waals surface area contributed by atoms with Gasteiger partial charge in [-0.1, -0.05) is 0 Å². The first-order chi connectivity index (χ1) is 7.49. The number of amides is 1. The number of carbonyl (C=O) groups excluding carboxylic acids is 2. The Labute approximate surface area is 98.9 Å². The second kappa shape index (κ2) is 3.92. The van der Waals surface area contributed by atoms with Gasteiger partial charge in [0.15, 0.2) is 0 Å². The Morgan fingerprint density at radius 3 is 2.35 bits per heavy atom. The highest BCUT2D eigenvalue weighted by Crippen LogP contribution is 2.38. The number of rotatable bonds is 1. The molecule has 98 valence electrons. The zero-order chi connectivity index (χ0) is 13.5. The average molecular weight is 249 g/mol. The molecular weight excluding hydrogens is 232 g/mol. The highest BCUT2D eigenvalue weighted by molar-refractivity contribution is 5.77. The van der Waals surface area contributed by atoms with Crippen LogP contribution in [0.2, 0.25) is 0 Å². The van der Waals surface area contributed by atoms with Crippen LogP contribution in [-0.2, 0) is 9.53 Å². The van der Waals surface area contributed by atoms with Gasteiger partial charge < -0.3 is 9.53 Å². The zero-order valence-corrected chi connectivity index (χ0v) is 10.4. The molecule has 1 amide bonds. The molecule has 17 heavy (non-hydrogen) atoms. The monoisotopic (exact) mass is 249 g/mol. The van der Waals surface area contributed by atoms with E-state index in [0.29, 0.717) is 6.29 Å². The molecule has 0 spiro atoms. The second-order valence-corrected chi connectivity index (χ2v) is 5.57. The Morgan fingerprint density at radius 2 is 1.94 bits per heavy atom. The molecule has 6 heteroatoms. The van der Waals surface area contributed by atoms with Gasteiger partial charge in [0.05, 0.1) is 6.54 Å². The normalized spacial score (nSPS) is 28.0. The first kappa shape index (κ1) is 13.9. The minimum atomic E-state index is -3.05. The van der Waals surface area contributed by atoms with Crippen molar-refractivity contribution in [1.29, 1.82) is 0 Å². The molecule has 0 radical (unpaired) electrons. The quantitative estimate of drug-likeness (QED) is 0.669. The summed E-state index contributed by atoms with van der Waals surface area (Å²) in [5.74, 6) is -3.05. The Kier molecular flexibility index (Phi) is 3.20. The lowest BCUT2D eigenvalue weighted by atomic mass is 10.0. The van der Waals surface area contributed by atoms with Gasteiger partial charge in [0.1, 0.15) is 17.4 Å². The minimum Gasteiger partial charge on any atom is -0.444 e. The number of ether oxygens (including phenoxy) is 1. The standard InChI is InChI=1S/C11H17F2NO3/c1-9(2,3)17-8(16)14-6-11(12,13)5-10(14,4)7-15/h7H,5-6H2,1-4H3. The maximum Gasteiger partial charge on any atom is 0.411 e. The molecule has 4 nitrogen and oxygen atoms in total. The maximum absolute atomic E-state index is 13.3. The number of hydrogen-bond donors (Lipinski definition) is 0. The SMILES string of the molecule is CC(C)(C)OC(=O)N1CC(F)(F)CC1(C)C=O. The summed E-state index contributed by atoms with van der Waals surface area (Å²) in [4.78, 5) is 23.4. The number of alkyl halides is 2. The number of aldehydes is 1. The fourth-order valence-electron chi connectivity index (χ4n) is 1.78. The highest BCUT2D eigenvalue weighted by atomic mass is 19.3. The van der Waals surface area contributed by atoms with Gasteiger partial charge in [0.25, 0.3) is 5.92 Å². The third-order valence-electron chi connectivity index (χ3n) is 2.49. The highest BCUT2D eigenvalue weighted by Gasteiger charge is 2.55. The van der Waals surface area contributed by atoms with Crippen molar-refractivity contribution in [3.05, 3.63) is 0 Å². The van der Waals surface area contributed by atoms with Crippen LogP contribution in [0.3, 0.4) is 0 Å². The van der Waals surface area contributed by atoms with Crippen molar-refractivity contribution in [2.75, 3.05) is 6.54 Å². The number of hydrogen-bond acceptors (Lipinski definition) is 3. The van der Waals surface area contributed by atoms with Crippen LogP contribution >= 0.6 is 0 Å². The predicted octanol–water partition coefficient (Wildman–Crippen LogP) is 2.22. The third kappa shape index (κ3) is 3.14. The van der Waals surface area contributed by atoms with Gasteiger partial charge in [0, 0.05) is 6.42 Å². The first-order valence-corrected chi connectivity index (χ1v) is 5.34. The Hall–Kier alpha value is -1.20. The Morgan fingerprint density at radius 1 is 1.41 bits per heavy atom. The van der Waals surface area contributed by atoms with Crippen molar-refractivity contribution in [3.63, 3.8) is 0 Å². The molecule has 0 aliphatic carbocycles. The van der Waals surface area contributed by atoms with Gasteiger partial charge >= 0.3 is 6.09 Å². The summed E-state index contributed by atoms with van der Waals surface area (Å²) < 4.78 is 31.5. The lowest BCUT2D eigenvalue weighted by Gasteiger charge is -2.31. The lowest BCUT2D eigenvalue weighted by Crippen LogP contribution is -2.48. The van der Waals surface area contributed by atoms with E-state index in [-0.39, 0.29) is 0 Å². The van der Waals surface area contributed by atoms with E-state index < -0.39 is 36.1 Å². The summed E-state index contributed by atoms with van der Waals surface area (Å²) in [5, 5.41) is 0. The molecule has 1 heterocycles. The van der Waals surface area contributed by atoms with E-state index in [2.05, 4.69) is 0 Å². The molecular formula is C11H17F2NO3. The van der Waals surface area contributed by atoms with Gasteiger partial charge in [-0.25, -0.2) is 13.6 Å². The molecule has 0 bridgehead atoms. The van der Waals surface area contributed by atoms with Crippen LogP contribution in [0.5, 0.6) is 0 Å². The Balaban J connectivity index is 2.89. The van der Waals surface area contributed by atoms with Crippen molar-refractivity contribution in [2.24, 2.45) is 0 Å². The molecule has 1 aliphatic rings. The summed E-state index contributed by atoms with van der Waals surface area (Å²) in [6.07, 6.45) is -1.18. The molecule has 0 aromatic carbocycles. The van der Waals surface area contributed by atoms with E-state index in [1.54, 1.807) is 20.8 Å². The van der Waals surface area contributed by atoms with E-state index in [9.17, 15) is 18.4 Å². The van der Waals surface area contributed by atoms with Crippen molar-refractivity contribution < 1.29 is 23.1 Å². The van der Waals surface area contributed by atoms with Crippen molar-refractivity contribution in [2.45, 2.75) is 51.2 Å². The molecule has 1 fully saturated rings. The zero-order valence-electron chi connectivity index (χ0n) is 10.4. The minimum absolute atomic E-state index is 0.373. The molecule has 0 aromatic rings. The Bertz CT molecular complexity index is 338. The van der Waals surface area contributed by atoms with E-state index in [1.807, 2.05) is 0 Å². The number of nitrogens with zero attached hydrogens (tertiary/aromatic N) is 1. The van der Waals surface area contributed by atoms with Crippen molar-refractivity contribution in [1.82, 2.24) is 4.90 Å². The molecule has 1 saturated heterocycles. The average Bonchev–Trinajstić information content (AvgIpc) is 2.34. The van der Waals surface area contributed by atoms with Crippen molar-refractivity contribution >= 4 is 12.4 Å². The maximum atomic E-state index is 13.3. The summed E-state index contributed by atoms with van der Waals surface area (Å²) in [6, 6.07) is 0. The second-order valence-electron chi connectivity index (χ2n) is 5.57. The lowest BCUT2D eigenvalue weighted by molar-refractivity contribution is -0.116.